The van der Waals surface area contributed by atoms with E-state index in [1.54, 1.807) is 11.6 Å². The van der Waals surface area contributed by atoms with Crippen LogP contribution in [0.2, 0.25) is 0 Å². The first kappa shape index (κ1) is 19.9. The maximum atomic E-state index is 14.3. The molecule has 0 aliphatic carbocycles. The first-order valence-electron chi connectivity index (χ1n) is 8.41. The molecule has 0 spiro atoms. The van der Waals surface area contributed by atoms with Gasteiger partial charge in [0.2, 0.25) is 16.0 Å². The van der Waals surface area contributed by atoms with Crippen molar-refractivity contribution in [3.63, 3.8) is 0 Å². The third kappa shape index (κ3) is 4.53. The average Bonchev–Trinajstić information content (AvgIpc) is 3.12. The molecule has 1 aromatic carbocycles. The quantitative estimate of drug-likeness (QED) is 0.803. The summed E-state index contributed by atoms with van der Waals surface area (Å²) in [5, 5.41) is 0. The molecule has 0 unspecified atom stereocenters. The van der Waals surface area contributed by atoms with Gasteiger partial charge >= 0.3 is 0 Å². The molecular formula is C17H18F2N4O4S. The molecule has 11 heteroatoms. The van der Waals surface area contributed by atoms with Crippen LogP contribution in [0.5, 0.6) is 11.5 Å². The van der Waals surface area contributed by atoms with Gasteiger partial charge in [-0.25, -0.2) is 31.9 Å². The first-order chi connectivity index (χ1) is 13.1. The number of aromatic nitrogens is 2. The van der Waals surface area contributed by atoms with Crippen LogP contribution in [0, 0.1) is 18.6 Å². The lowest BCUT2D eigenvalue weighted by molar-refractivity contribution is 0.0977. The fourth-order valence-corrected chi connectivity index (χ4v) is 3.18. The number of hydrogen-bond donors (Lipinski definition) is 1. The summed E-state index contributed by atoms with van der Waals surface area (Å²) in [4.78, 5) is 22.3. The molecule has 8 nitrogen and oxygen atoms in total. The number of hydrogen-bond acceptors (Lipinski definition) is 7. The molecule has 0 atom stereocenters. The Morgan fingerprint density at radius 1 is 1.18 bits per heavy atom. The second kappa shape index (κ2) is 7.66. The summed E-state index contributed by atoms with van der Waals surface area (Å²) >= 11 is 0. The van der Waals surface area contributed by atoms with Gasteiger partial charge in [-0.2, -0.15) is 0 Å². The zero-order valence-electron chi connectivity index (χ0n) is 15.2. The molecule has 1 aliphatic heterocycles. The number of benzene rings is 1. The van der Waals surface area contributed by atoms with E-state index in [2.05, 4.69) is 9.97 Å². The highest BCUT2D eigenvalue weighted by Crippen LogP contribution is 2.29. The Bertz CT molecular complexity index is 1020. The second-order valence-corrected chi connectivity index (χ2v) is 8.13. The average molecular weight is 412 g/mol. The number of nitrogens with zero attached hydrogens (tertiary/aromatic N) is 3. The highest BCUT2D eigenvalue weighted by molar-refractivity contribution is 7.89. The highest BCUT2D eigenvalue weighted by atomic mass is 32.2. The third-order valence-corrected chi connectivity index (χ3v) is 4.63. The van der Waals surface area contributed by atoms with Crippen molar-refractivity contribution < 1.29 is 26.7 Å². The van der Waals surface area contributed by atoms with Crippen molar-refractivity contribution in [3.8, 4) is 11.5 Å². The van der Waals surface area contributed by atoms with Crippen LogP contribution in [0.15, 0.2) is 18.3 Å². The van der Waals surface area contributed by atoms with Crippen LogP contribution in [0.4, 0.5) is 14.7 Å². The number of carbonyl (C=O) groups is 1. The Hall–Kier alpha value is -2.82. The van der Waals surface area contributed by atoms with Crippen LogP contribution >= 0.6 is 0 Å². The predicted octanol–water partition coefficient (Wildman–Crippen LogP) is 2.15. The van der Waals surface area contributed by atoms with E-state index < -0.39 is 38.9 Å². The van der Waals surface area contributed by atoms with E-state index in [0.29, 0.717) is 23.8 Å². The smallest absolute Gasteiger partial charge is 0.267 e. The summed E-state index contributed by atoms with van der Waals surface area (Å²) < 4.78 is 57.6. The Kier molecular flexibility index (Phi) is 5.45. The zero-order chi connectivity index (χ0) is 20.5. The summed E-state index contributed by atoms with van der Waals surface area (Å²) in [5.74, 6) is -3.25. The van der Waals surface area contributed by atoms with Crippen molar-refractivity contribution >= 4 is 21.9 Å². The maximum absolute atomic E-state index is 14.3. The minimum Gasteiger partial charge on any atom is -0.451 e. The maximum Gasteiger partial charge on any atom is 0.267 e. The Balaban J connectivity index is 1.83. The fourth-order valence-electron chi connectivity index (χ4n) is 2.74. The zero-order valence-corrected chi connectivity index (χ0v) is 16.0. The summed E-state index contributed by atoms with van der Waals surface area (Å²) in [7, 11) is -3.92. The molecule has 3 rings (SSSR count). The molecule has 0 bridgehead atoms. The number of aryl methyl sites for hydroxylation is 1. The number of amides is 1. The number of ether oxygens (including phenoxy) is 1. The minimum atomic E-state index is -3.92. The number of halogens is 2. The van der Waals surface area contributed by atoms with Crippen LogP contribution in [0.25, 0.3) is 0 Å². The lowest BCUT2D eigenvalue weighted by Crippen LogP contribution is -2.30. The van der Waals surface area contributed by atoms with E-state index in [1.807, 2.05) is 4.90 Å². The number of sulfonamides is 1. The van der Waals surface area contributed by atoms with Gasteiger partial charge in [-0.05, 0) is 25.8 Å². The van der Waals surface area contributed by atoms with Gasteiger partial charge in [0.05, 0.1) is 23.7 Å². The first-order valence-corrected chi connectivity index (χ1v) is 10.3. The molecule has 1 N–H and O–H groups in total. The normalized spacial score (nSPS) is 14.2. The van der Waals surface area contributed by atoms with Crippen molar-refractivity contribution in [1.29, 1.82) is 0 Å². The van der Waals surface area contributed by atoms with Crippen molar-refractivity contribution in [1.82, 2.24) is 14.7 Å². The Morgan fingerprint density at radius 2 is 1.86 bits per heavy atom. The van der Waals surface area contributed by atoms with E-state index in [1.165, 1.54) is 6.20 Å². The molecule has 2 aromatic rings. The van der Waals surface area contributed by atoms with Crippen LogP contribution in [-0.2, 0) is 10.0 Å². The number of nitrogens with one attached hydrogen (secondary N) is 1. The lowest BCUT2D eigenvalue weighted by atomic mass is 10.2. The molecule has 28 heavy (non-hydrogen) atoms. The minimum absolute atomic E-state index is 0.134. The van der Waals surface area contributed by atoms with Gasteiger partial charge in [-0.15, -0.1) is 0 Å². The fraction of sp³-hybridized carbons (Fsp3) is 0.353. The number of carbonyl (C=O) groups excluding carboxylic acids is 1. The van der Waals surface area contributed by atoms with Crippen LogP contribution in [0.1, 0.15) is 28.9 Å². The molecule has 1 aromatic heterocycles. The Morgan fingerprint density at radius 3 is 2.46 bits per heavy atom. The van der Waals surface area contributed by atoms with Gasteiger partial charge < -0.3 is 9.64 Å². The highest BCUT2D eigenvalue weighted by Gasteiger charge is 2.21. The molecule has 150 valence electrons. The standard InChI is InChI=1S/C17H18F2N4O4S/c1-10-15(9-20-17(21-10)23-5-3-4-6-23)27-14-8-12(18)11(7-13(14)19)16(24)22-28(2,25)26/h7-9H,3-6H2,1-2H3,(H,22,24). The van der Waals surface area contributed by atoms with Crippen LogP contribution in [0.3, 0.4) is 0 Å². The van der Waals surface area contributed by atoms with Crippen molar-refractivity contribution in [2.75, 3.05) is 24.2 Å². The largest absolute Gasteiger partial charge is 0.451 e. The molecular weight excluding hydrogens is 394 g/mol. The van der Waals surface area contributed by atoms with E-state index in [-0.39, 0.29) is 5.75 Å². The van der Waals surface area contributed by atoms with Crippen molar-refractivity contribution in [2.45, 2.75) is 19.8 Å². The van der Waals surface area contributed by atoms with Crippen LogP contribution < -0.4 is 14.4 Å². The summed E-state index contributed by atoms with van der Waals surface area (Å²) in [6, 6.07) is 1.24. The molecule has 1 saturated heterocycles. The lowest BCUT2D eigenvalue weighted by Gasteiger charge is -2.16. The third-order valence-electron chi connectivity index (χ3n) is 4.07. The van der Waals surface area contributed by atoms with Gasteiger partial charge in [0.25, 0.3) is 5.91 Å². The SMILES string of the molecule is Cc1nc(N2CCCC2)ncc1Oc1cc(F)c(C(=O)NS(C)(=O)=O)cc1F. The topological polar surface area (TPSA) is 101 Å². The molecule has 0 saturated carbocycles. The van der Waals surface area contributed by atoms with Gasteiger partial charge in [0, 0.05) is 19.2 Å². The van der Waals surface area contributed by atoms with Gasteiger partial charge in [-0.1, -0.05) is 0 Å². The van der Waals surface area contributed by atoms with Gasteiger partial charge in [-0.3, -0.25) is 4.79 Å². The molecule has 1 aliphatic rings. The molecule has 1 amide bonds. The van der Waals surface area contributed by atoms with E-state index in [9.17, 15) is 22.0 Å². The molecule has 2 heterocycles. The van der Waals surface area contributed by atoms with Gasteiger partial charge in [0.1, 0.15) is 5.82 Å². The molecule has 0 radical (unpaired) electrons. The monoisotopic (exact) mass is 412 g/mol. The van der Waals surface area contributed by atoms with E-state index in [4.69, 9.17) is 4.74 Å². The Labute approximate surface area is 160 Å². The summed E-state index contributed by atoms with van der Waals surface area (Å²) in [5.41, 5.74) is -0.316. The van der Waals surface area contributed by atoms with Crippen LogP contribution in [-0.4, -0.2) is 43.6 Å². The number of anilines is 1. The van der Waals surface area contributed by atoms with E-state index >= 15 is 0 Å². The second-order valence-electron chi connectivity index (χ2n) is 6.38. The molecule has 1 fully saturated rings. The number of rotatable bonds is 5. The van der Waals surface area contributed by atoms with E-state index in [0.717, 1.165) is 32.2 Å². The van der Waals surface area contributed by atoms with Crippen molar-refractivity contribution in [2.24, 2.45) is 0 Å². The summed E-state index contributed by atoms with van der Waals surface area (Å²) in [6.45, 7) is 3.37. The van der Waals surface area contributed by atoms with Crippen molar-refractivity contribution in [3.05, 3.63) is 41.2 Å². The summed E-state index contributed by atoms with van der Waals surface area (Å²) in [6.07, 6.45) is 4.22. The van der Waals surface area contributed by atoms with Gasteiger partial charge in [0.15, 0.2) is 17.3 Å². The predicted molar refractivity (Wildman–Crippen MR) is 97.0 cm³/mol.